The van der Waals surface area contributed by atoms with Crippen LogP contribution in [0.5, 0.6) is 0 Å². The van der Waals surface area contributed by atoms with Crippen molar-refractivity contribution in [2.24, 2.45) is 11.5 Å². The summed E-state index contributed by atoms with van der Waals surface area (Å²) in [5, 5.41) is 6.53. The molecule has 0 heterocycles. The van der Waals surface area contributed by atoms with Gasteiger partial charge in [0.1, 0.15) is 2.82 Å². The van der Waals surface area contributed by atoms with E-state index in [0.29, 0.717) is 18.7 Å². The van der Waals surface area contributed by atoms with E-state index in [1.54, 1.807) is 0 Å². The molecular weight excluding hydrogens is 176 g/mol. The summed E-state index contributed by atoms with van der Waals surface area (Å²) in [4.78, 5) is 0. The Morgan fingerprint density at radius 3 is 2.07 bits per heavy atom. The lowest BCUT2D eigenvalue weighted by Gasteiger charge is -2.04. The third-order valence-corrected chi connectivity index (χ3v) is 1.96. The summed E-state index contributed by atoms with van der Waals surface area (Å²) < 4.78 is 21.1. The molecule has 0 aliphatic heterocycles. The Labute approximate surface area is 92.1 Å². The molecule has 0 fully saturated rings. The minimum atomic E-state index is -0.750. The van der Waals surface area contributed by atoms with Gasteiger partial charge in [0, 0.05) is 1.37 Å². The molecule has 6 N–H and O–H groups in total. The van der Waals surface area contributed by atoms with Crippen LogP contribution < -0.4 is 22.1 Å². The third-order valence-electron chi connectivity index (χ3n) is 1.96. The second kappa shape index (κ2) is 12.8. The molecule has 0 aliphatic rings. The van der Waals surface area contributed by atoms with E-state index in [1.807, 2.05) is 0 Å². The van der Waals surface area contributed by atoms with Crippen LogP contribution in [0.1, 0.15) is 27.1 Å². The van der Waals surface area contributed by atoms with Crippen LogP contribution in [0.15, 0.2) is 0 Å². The summed E-state index contributed by atoms with van der Waals surface area (Å²) in [5.41, 5.74) is 5.81. The molecule has 0 spiro atoms. The first-order valence-electron chi connectivity index (χ1n) is 6.96. The molecule has 0 aromatic rings. The van der Waals surface area contributed by atoms with Gasteiger partial charge in [0.05, 0.1) is 0 Å². The third kappa shape index (κ3) is 11.8. The number of nitrogens with two attached hydrogens (primary N) is 2. The molecule has 0 saturated carbocycles. The SMILES string of the molecule is [2H]C(CCNCCCCNCCCN)N([2H])[2H]. The molecule has 4 nitrogen and oxygen atoms in total. The van der Waals surface area contributed by atoms with E-state index in [0.717, 1.165) is 45.4 Å². The van der Waals surface area contributed by atoms with Gasteiger partial charge in [0.25, 0.3) is 0 Å². The van der Waals surface area contributed by atoms with Crippen LogP contribution in [0.3, 0.4) is 0 Å². The lowest BCUT2D eigenvalue weighted by molar-refractivity contribution is 0.570. The van der Waals surface area contributed by atoms with Crippen LogP contribution in [-0.4, -0.2) is 39.2 Å². The first kappa shape index (κ1) is 9.09. The van der Waals surface area contributed by atoms with Gasteiger partial charge in [0.15, 0.2) is 0 Å². The zero-order chi connectivity index (χ0) is 12.9. The molecule has 0 bridgehead atoms. The largest absolute Gasteiger partial charge is 0.330 e. The topological polar surface area (TPSA) is 76.1 Å². The van der Waals surface area contributed by atoms with E-state index in [4.69, 9.17) is 9.93 Å². The lowest BCUT2D eigenvalue weighted by atomic mass is 10.3. The van der Waals surface area contributed by atoms with Gasteiger partial charge < -0.3 is 22.1 Å². The maximum atomic E-state index is 7.33. The van der Waals surface area contributed by atoms with Crippen molar-refractivity contribution in [1.82, 2.24) is 10.6 Å². The highest BCUT2D eigenvalue weighted by atomic mass is 14.9. The molecule has 14 heavy (non-hydrogen) atoms. The maximum absolute atomic E-state index is 7.33. The molecule has 4 heteroatoms. The highest BCUT2D eigenvalue weighted by Gasteiger charge is 1.89. The fourth-order valence-electron chi connectivity index (χ4n) is 1.14. The van der Waals surface area contributed by atoms with Gasteiger partial charge in [-0.3, -0.25) is 0 Å². The smallest absolute Gasteiger partial charge is 0.118 e. The zero-order valence-corrected chi connectivity index (χ0v) is 8.97. The normalized spacial score (nSPS) is 16.3. The Bertz CT molecular complexity index is 160. The Balaban J connectivity index is 3.03. The summed E-state index contributed by atoms with van der Waals surface area (Å²) in [6, 6.07) is 0. The van der Waals surface area contributed by atoms with E-state index in [1.165, 1.54) is 0 Å². The van der Waals surface area contributed by atoms with Crippen molar-refractivity contribution < 1.29 is 4.19 Å². The summed E-state index contributed by atoms with van der Waals surface area (Å²) in [6.07, 6.45) is 3.77. The van der Waals surface area contributed by atoms with Gasteiger partial charge in [-0.05, 0) is 64.9 Å². The molecule has 0 rings (SSSR count). The van der Waals surface area contributed by atoms with Crippen LogP contribution in [-0.2, 0) is 0 Å². The standard InChI is InChI=1S/C10H26N4/c11-5-3-9-13-7-1-2-8-14-10-4-6-12/h13-14H,1-12H2/i5D/hD2. The van der Waals surface area contributed by atoms with E-state index >= 15 is 0 Å². The Hall–Kier alpha value is -0.160. The van der Waals surface area contributed by atoms with E-state index in [9.17, 15) is 0 Å². The Morgan fingerprint density at radius 2 is 1.50 bits per heavy atom. The highest BCUT2D eigenvalue weighted by Crippen LogP contribution is 1.84. The van der Waals surface area contributed by atoms with Crippen LogP contribution in [0.2, 0.25) is 2.82 Å². The van der Waals surface area contributed by atoms with Crippen LogP contribution in [0.25, 0.3) is 0 Å². The number of rotatable bonds is 12. The van der Waals surface area contributed by atoms with Gasteiger partial charge in [-0.25, -0.2) is 0 Å². The first-order chi connectivity index (χ1) is 8.18. The van der Waals surface area contributed by atoms with Crippen molar-refractivity contribution in [3.63, 3.8) is 0 Å². The molecule has 1 unspecified atom stereocenters. The van der Waals surface area contributed by atoms with Gasteiger partial charge in [-0.1, -0.05) is 0 Å². The van der Waals surface area contributed by atoms with Gasteiger partial charge in [-0.2, -0.15) is 0 Å². The molecular formula is C10H26N4. The zero-order valence-electron chi connectivity index (χ0n) is 12.0. The van der Waals surface area contributed by atoms with Gasteiger partial charge >= 0.3 is 0 Å². The van der Waals surface area contributed by atoms with Crippen molar-refractivity contribution in [3.8, 4) is 0 Å². The lowest BCUT2D eigenvalue weighted by Crippen LogP contribution is -2.22. The van der Waals surface area contributed by atoms with Crippen LogP contribution in [0, 0.1) is 0 Å². The number of hydrogen-bond donors (Lipinski definition) is 4. The van der Waals surface area contributed by atoms with Gasteiger partial charge in [0.2, 0.25) is 0 Å². The predicted octanol–water partition coefficient (Wildman–Crippen LogP) is -0.357. The van der Waals surface area contributed by atoms with Crippen LogP contribution >= 0.6 is 0 Å². The minimum Gasteiger partial charge on any atom is -0.330 e. The number of unbranched alkanes of at least 4 members (excludes halogenated alkanes) is 1. The molecule has 86 valence electrons. The minimum absolute atomic E-state index is 0.434. The highest BCUT2D eigenvalue weighted by molar-refractivity contribution is 4.52. The predicted molar refractivity (Wildman–Crippen MR) is 62.3 cm³/mol. The van der Waals surface area contributed by atoms with Gasteiger partial charge in [-0.15, -0.1) is 0 Å². The fraction of sp³-hybridized carbons (Fsp3) is 1.00. The van der Waals surface area contributed by atoms with Crippen molar-refractivity contribution in [2.45, 2.75) is 25.7 Å². The van der Waals surface area contributed by atoms with Crippen molar-refractivity contribution in [2.75, 3.05) is 39.2 Å². The molecule has 0 amide bonds. The first-order valence-corrected chi connectivity index (χ1v) is 5.49. The fourth-order valence-corrected chi connectivity index (χ4v) is 1.14. The molecule has 0 saturated heterocycles. The number of nitrogens with one attached hydrogen (secondary N) is 2. The average molecular weight is 205 g/mol. The quantitative estimate of drug-likeness (QED) is 0.328. The number of hydrogen-bond acceptors (Lipinski definition) is 4. The Morgan fingerprint density at radius 1 is 0.929 bits per heavy atom. The monoisotopic (exact) mass is 205 g/mol. The van der Waals surface area contributed by atoms with Crippen molar-refractivity contribution >= 4 is 0 Å². The molecule has 0 aromatic heterocycles. The molecule has 0 radical (unpaired) electrons. The molecule has 0 aliphatic carbocycles. The van der Waals surface area contributed by atoms with E-state index < -0.39 is 6.52 Å². The molecule has 1 atom stereocenters. The summed E-state index contributed by atoms with van der Waals surface area (Å²) in [6.45, 7) is 3.64. The second-order valence-electron chi connectivity index (χ2n) is 3.32. The molecule has 0 aromatic carbocycles. The summed E-state index contributed by atoms with van der Waals surface area (Å²) in [5.74, 6) is 0. The maximum Gasteiger partial charge on any atom is 0.118 e. The van der Waals surface area contributed by atoms with Crippen molar-refractivity contribution in [3.05, 3.63) is 0 Å². The van der Waals surface area contributed by atoms with Crippen LogP contribution in [0.4, 0.5) is 0 Å². The Kier molecular flexibility index (Phi) is 8.34. The van der Waals surface area contributed by atoms with E-state index in [-0.39, 0.29) is 0 Å². The average Bonchev–Trinajstić information content (AvgIpc) is 2.31. The van der Waals surface area contributed by atoms with Crippen molar-refractivity contribution in [1.29, 1.82) is 0 Å². The van der Waals surface area contributed by atoms with E-state index in [2.05, 4.69) is 10.6 Å². The second-order valence-corrected chi connectivity index (χ2v) is 3.32. The summed E-state index contributed by atoms with van der Waals surface area (Å²) >= 11 is 0. The summed E-state index contributed by atoms with van der Waals surface area (Å²) in [7, 11) is 0.